The molecule has 2 rings (SSSR count). The van der Waals surface area contributed by atoms with Gasteiger partial charge in [0.25, 0.3) is 0 Å². The first kappa shape index (κ1) is 12.0. The molecule has 1 N–H and O–H groups in total. The van der Waals surface area contributed by atoms with Crippen LogP contribution in [0.15, 0.2) is 6.20 Å². The molecule has 1 aromatic rings. The normalized spacial score (nSPS) is 23.8. The van der Waals surface area contributed by atoms with Gasteiger partial charge < -0.3 is 5.32 Å². The molecule has 1 aliphatic rings. The van der Waals surface area contributed by atoms with Gasteiger partial charge in [-0.05, 0) is 26.8 Å². The Morgan fingerprint density at radius 3 is 3.06 bits per heavy atom. The molecule has 0 saturated carbocycles. The van der Waals surface area contributed by atoms with E-state index >= 15 is 0 Å². The summed E-state index contributed by atoms with van der Waals surface area (Å²) in [5.74, 6) is 0. The Labute approximate surface area is 102 Å². The molecule has 1 saturated heterocycles. The van der Waals surface area contributed by atoms with Crippen LogP contribution in [-0.4, -0.2) is 36.1 Å². The second-order valence-corrected chi connectivity index (χ2v) is 5.61. The number of hydrogen-bond donors (Lipinski definition) is 1. The minimum absolute atomic E-state index is 0.476. The summed E-state index contributed by atoms with van der Waals surface area (Å²) in [7, 11) is 2.05. The van der Waals surface area contributed by atoms with Gasteiger partial charge in [0, 0.05) is 30.2 Å². The Morgan fingerprint density at radius 1 is 1.69 bits per heavy atom. The molecular formula is C12H21N3S. The Morgan fingerprint density at radius 2 is 2.50 bits per heavy atom. The predicted octanol–water partition coefficient (Wildman–Crippen LogP) is 2.06. The van der Waals surface area contributed by atoms with Crippen LogP contribution in [0.2, 0.25) is 0 Å². The van der Waals surface area contributed by atoms with E-state index in [0.717, 1.165) is 13.0 Å². The van der Waals surface area contributed by atoms with Crippen LogP contribution in [0, 0.1) is 0 Å². The molecular weight excluding hydrogens is 218 g/mol. The first-order valence-electron chi connectivity index (χ1n) is 6.10. The van der Waals surface area contributed by atoms with Gasteiger partial charge in [-0.3, -0.25) is 4.90 Å². The molecule has 1 fully saturated rings. The average molecular weight is 239 g/mol. The van der Waals surface area contributed by atoms with Crippen LogP contribution in [0.1, 0.15) is 36.2 Å². The van der Waals surface area contributed by atoms with Crippen molar-refractivity contribution in [3.05, 3.63) is 16.1 Å². The second-order valence-electron chi connectivity index (χ2n) is 4.46. The van der Waals surface area contributed by atoms with Crippen molar-refractivity contribution in [2.24, 2.45) is 0 Å². The van der Waals surface area contributed by atoms with Gasteiger partial charge in [-0.25, -0.2) is 4.98 Å². The van der Waals surface area contributed by atoms with Crippen molar-refractivity contribution in [2.45, 2.75) is 38.8 Å². The van der Waals surface area contributed by atoms with Crippen molar-refractivity contribution in [1.29, 1.82) is 0 Å². The van der Waals surface area contributed by atoms with E-state index in [-0.39, 0.29) is 0 Å². The molecule has 90 valence electrons. The van der Waals surface area contributed by atoms with Crippen LogP contribution in [0.4, 0.5) is 0 Å². The van der Waals surface area contributed by atoms with Gasteiger partial charge in [0.05, 0.1) is 6.04 Å². The third-order valence-corrected chi connectivity index (χ3v) is 4.76. The smallest absolute Gasteiger partial charge is 0.110 e. The molecule has 0 radical (unpaired) electrons. The van der Waals surface area contributed by atoms with Crippen LogP contribution in [0.5, 0.6) is 0 Å². The summed E-state index contributed by atoms with van der Waals surface area (Å²) in [6.07, 6.45) is 4.39. The number of nitrogens with one attached hydrogen (secondary N) is 1. The highest BCUT2D eigenvalue weighted by Crippen LogP contribution is 2.27. The zero-order valence-corrected chi connectivity index (χ0v) is 11.2. The number of thiazole rings is 1. The highest BCUT2D eigenvalue weighted by molar-refractivity contribution is 7.11. The molecule has 16 heavy (non-hydrogen) atoms. The number of rotatable bonds is 4. The zero-order chi connectivity index (χ0) is 11.5. The molecule has 1 aromatic heterocycles. The fraction of sp³-hybridized carbons (Fsp3) is 0.750. The molecule has 4 heteroatoms. The highest BCUT2D eigenvalue weighted by Gasteiger charge is 2.26. The molecule has 2 heterocycles. The maximum Gasteiger partial charge on any atom is 0.110 e. The van der Waals surface area contributed by atoms with E-state index in [2.05, 4.69) is 36.1 Å². The summed E-state index contributed by atoms with van der Waals surface area (Å²) >= 11 is 1.86. The first-order chi connectivity index (χ1) is 7.74. The van der Waals surface area contributed by atoms with E-state index in [1.165, 1.54) is 22.9 Å². The third kappa shape index (κ3) is 2.44. The van der Waals surface area contributed by atoms with Gasteiger partial charge in [0.15, 0.2) is 0 Å². The summed E-state index contributed by atoms with van der Waals surface area (Å²) in [6, 6.07) is 1.14. The second kappa shape index (κ2) is 5.25. The van der Waals surface area contributed by atoms with E-state index < -0.39 is 0 Å². The zero-order valence-electron chi connectivity index (χ0n) is 10.4. The number of likely N-dealkylation sites (N-methyl/N-ethyl adjacent to an activating group) is 1. The molecule has 0 spiro atoms. The SMILES string of the molecule is CCc1cnc(C(C)N2CCC(NC)C2)s1. The van der Waals surface area contributed by atoms with Crippen molar-refractivity contribution >= 4 is 11.3 Å². The highest BCUT2D eigenvalue weighted by atomic mass is 32.1. The first-order valence-corrected chi connectivity index (χ1v) is 6.92. The number of aromatic nitrogens is 1. The van der Waals surface area contributed by atoms with Gasteiger partial charge in [-0.2, -0.15) is 0 Å². The van der Waals surface area contributed by atoms with Gasteiger partial charge in [-0.1, -0.05) is 6.92 Å². The monoisotopic (exact) mass is 239 g/mol. The van der Waals surface area contributed by atoms with Crippen LogP contribution in [-0.2, 0) is 6.42 Å². The van der Waals surface area contributed by atoms with Gasteiger partial charge in [0.2, 0.25) is 0 Å². The van der Waals surface area contributed by atoms with E-state index in [1.807, 2.05) is 17.5 Å². The molecule has 0 aliphatic carbocycles. The lowest BCUT2D eigenvalue weighted by Crippen LogP contribution is -2.31. The van der Waals surface area contributed by atoms with Crippen LogP contribution < -0.4 is 5.32 Å². The maximum atomic E-state index is 4.54. The van der Waals surface area contributed by atoms with Gasteiger partial charge in [0.1, 0.15) is 5.01 Å². The molecule has 0 aromatic carbocycles. The van der Waals surface area contributed by atoms with Gasteiger partial charge in [-0.15, -0.1) is 11.3 Å². The van der Waals surface area contributed by atoms with Crippen LogP contribution >= 0.6 is 11.3 Å². The quantitative estimate of drug-likeness (QED) is 0.872. The molecule has 1 aliphatic heterocycles. The Kier molecular flexibility index (Phi) is 3.95. The lowest BCUT2D eigenvalue weighted by atomic mass is 10.3. The van der Waals surface area contributed by atoms with Crippen molar-refractivity contribution in [1.82, 2.24) is 15.2 Å². The summed E-state index contributed by atoms with van der Waals surface area (Å²) in [5.41, 5.74) is 0. The molecule has 2 unspecified atom stereocenters. The lowest BCUT2D eigenvalue weighted by molar-refractivity contribution is 0.256. The van der Waals surface area contributed by atoms with E-state index in [1.54, 1.807) is 0 Å². The van der Waals surface area contributed by atoms with Crippen molar-refractivity contribution in [2.75, 3.05) is 20.1 Å². The lowest BCUT2D eigenvalue weighted by Gasteiger charge is -2.22. The average Bonchev–Trinajstić information content (AvgIpc) is 2.97. The molecule has 3 nitrogen and oxygen atoms in total. The van der Waals surface area contributed by atoms with Crippen LogP contribution in [0.3, 0.4) is 0 Å². The fourth-order valence-electron chi connectivity index (χ4n) is 2.21. The topological polar surface area (TPSA) is 28.2 Å². The maximum absolute atomic E-state index is 4.54. The summed E-state index contributed by atoms with van der Waals surface area (Å²) in [6.45, 7) is 6.80. The minimum atomic E-state index is 0.476. The summed E-state index contributed by atoms with van der Waals surface area (Å²) in [5, 5.41) is 4.63. The number of aryl methyl sites for hydroxylation is 1. The van der Waals surface area contributed by atoms with Crippen molar-refractivity contribution < 1.29 is 0 Å². The largest absolute Gasteiger partial charge is 0.316 e. The van der Waals surface area contributed by atoms with E-state index in [0.29, 0.717) is 12.1 Å². The molecule has 0 amide bonds. The van der Waals surface area contributed by atoms with Crippen molar-refractivity contribution in [3.63, 3.8) is 0 Å². The van der Waals surface area contributed by atoms with E-state index in [4.69, 9.17) is 0 Å². The third-order valence-electron chi connectivity index (χ3n) is 3.45. The standard InChI is InChI=1S/C12H21N3S/c1-4-11-7-14-12(16-11)9(2)15-6-5-10(8-15)13-3/h7,9-10,13H,4-6,8H2,1-3H3. The molecule has 2 atom stereocenters. The minimum Gasteiger partial charge on any atom is -0.316 e. The van der Waals surface area contributed by atoms with Crippen LogP contribution in [0.25, 0.3) is 0 Å². The Hall–Kier alpha value is -0.450. The van der Waals surface area contributed by atoms with E-state index in [9.17, 15) is 0 Å². The number of hydrogen-bond acceptors (Lipinski definition) is 4. The molecule has 0 bridgehead atoms. The summed E-state index contributed by atoms with van der Waals surface area (Å²) < 4.78 is 0. The summed E-state index contributed by atoms with van der Waals surface area (Å²) in [4.78, 5) is 8.46. The fourth-order valence-corrected chi connectivity index (χ4v) is 3.15. The number of nitrogens with zero attached hydrogens (tertiary/aromatic N) is 2. The van der Waals surface area contributed by atoms with Crippen molar-refractivity contribution in [3.8, 4) is 0 Å². The Balaban J connectivity index is 1.99. The van der Waals surface area contributed by atoms with Gasteiger partial charge >= 0.3 is 0 Å². The Bertz CT molecular complexity index is 337. The predicted molar refractivity (Wildman–Crippen MR) is 68.9 cm³/mol. The number of likely N-dealkylation sites (tertiary alicyclic amines) is 1.